The quantitative estimate of drug-likeness (QED) is 0.0570. The van der Waals surface area contributed by atoms with Gasteiger partial charge in [0.15, 0.2) is 0 Å². The van der Waals surface area contributed by atoms with Crippen LogP contribution in [0, 0.1) is 17.8 Å². The van der Waals surface area contributed by atoms with Gasteiger partial charge in [-0.05, 0) is 90.5 Å². The molecule has 0 aliphatic heterocycles. The van der Waals surface area contributed by atoms with Crippen LogP contribution in [0.2, 0.25) is 0 Å². The van der Waals surface area contributed by atoms with E-state index in [1.54, 1.807) is 0 Å². The second kappa shape index (κ2) is 27.4. The Kier molecular flexibility index (Phi) is 27.2. The molecule has 1 rings (SSSR count). The summed E-state index contributed by atoms with van der Waals surface area (Å²) < 4.78 is 51.8. The van der Waals surface area contributed by atoms with Gasteiger partial charge in [0.05, 0.1) is 4.90 Å². The van der Waals surface area contributed by atoms with Gasteiger partial charge in [0, 0.05) is 0 Å². The molecule has 0 saturated heterocycles. The topological polar surface area (TPSA) is 91.7 Å². The average molecular weight is 702 g/mol. The first-order chi connectivity index (χ1) is 21.8. The Morgan fingerprint density at radius 1 is 0.543 bits per heavy atom. The van der Waals surface area contributed by atoms with Gasteiger partial charge in [0.25, 0.3) is 10.1 Å². The van der Waals surface area contributed by atoms with Crippen molar-refractivity contribution >= 4 is 10.1 Å². The average Bonchev–Trinajstić information content (AvgIpc) is 2.95. The Labute approximate surface area is 295 Å². The van der Waals surface area contributed by atoms with E-state index >= 15 is 0 Å². The third-order valence-electron chi connectivity index (χ3n) is 9.19. The van der Waals surface area contributed by atoms with E-state index in [-0.39, 0.29) is 10.8 Å². The summed E-state index contributed by atoms with van der Waals surface area (Å²) in [5.41, 5.74) is 4.73. The Hall–Kier alpha value is -0.396. The molecule has 0 aliphatic carbocycles. The van der Waals surface area contributed by atoms with Gasteiger partial charge in [0.1, 0.15) is 0 Å². The normalized spacial score (nSPS) is 11.9. The van der Waals surface area contributed by atoms with Crippen molar-refractivity contribution in [2.75, 3.05) is 0 Å². The van der Waals surface area contributed by atoms with Crippen molar-refractivity contribution in [2.45, 2.75) is 201 Å². The van der Waals surface area contributed by atoms with E-state index in [1.165, 1.54) is 101 Å². The molecule has 0 radical (unpaired) electrons. The number of hydrogen-bond acceptors (Lipinski definition) is 3. The molecule has 0 spiro atoms. The number of hydrogen-bond donors (Lipinski definition) is 2. The second-order valence-electron chi connectivity index (χ2n) is 15.2. The molecule has 0 atom stereocenters. The zero-order valence-corrected chi connectivity index (χ0v) is 33.6. The predicted molar refractivity (Wildman–Crippen MR) is 192 cm³/mol. The van der Waals surface area contributed by atoms with Gasteiger partial charge in [-0.1, -0.05) is 152 Å². The Balaban J connectivity index is 0.00000647. The summed E-state index contributed by atoms with van der Waals surface area (Å²) in [5, 5.41) is 0. The van der Waals surface area contributed by atoms with Crippen LogP contribution >= 0.6 is 0 Å². The number of unbranched alkanes of at least 4 members (excludes halogenated alkanes) is 12. The summed E-state index contributed by atoms with van der Waals surface area (Å²) in [4.78, 5) is 0.195. The van der Waals surface area contributed by atoms with Crippen molar-refractivity contribution in [3.63, 3.8) is 0 Å². The van der Waals surface area contributed by atoms with Crippen LogP contribution in [0.5, 0.6) is 0 Å². The summed E-state index contributed by atoms with van der Waals surface area (Å²) in [7, 11) is -4.28. The van der Waals surface area contributed by atoms with Crippen molar-refractivity contribution in [3.8, 4) is 0 Å². The molecule has 0 aromatic heterocycles. The maximum absolute atomic E-state index is 12.8. The van der Waals surface area contributed by atoms with Gasteiger partial charge in [0.2, 0.25) is 0 Å². The van der Waals surface area contributed by atoms with Crippen molar-refractivity contribution in [2.24, 2.45) is 17.8 Å². The molecule has 0 unspecified atom stereocenters. The molecule has 0 fully saturated rings. The Morgan fingerprint density at radius 2 is 0.848 bits per heavy atom. The number of rotatable bonds is 26. The Morgan fingerprint density at radius 3 is 1.17 bits per heavy atom. The first-order valence-electron chi connectivity index (χ1n) is 18.9. The molecule has 7 heteroatoms. The van der Waals surface area contributed by atoms with Crippen LogP contribution in [0.15, 0.2) is 11.0 Å². The fourth-order valence-corrected chi connectivity index (χ4v) is 7.40. The third-order valence-corrected chi connectivity index (χ3v) is 10.1. The summed E-state index contributed by atoms with van der Waals surface area (Å²) in [6.45, 7) is 18.1. The summed E-state index contributed by atoms with van der Waals surface area (Å²) in [6, 6.07) is 1.85. The van der Waals surface area contributed by atoms with Gasteiger partial charge in [-0.25, -0.2) is 0 Å². The minimum absolute atomic E-state index is 0.195. The molecule has 269 valence electrons. The molecule has 0 bridgehead atoms. The van der Waals surface area contributed by atoms with Crippen LogP contribution in [-0.2, 0) is 52.2 Å². The van der Waals surface area contributed by atoms with E-state index in [1.807, 2.05) is 6.07 Å². The van der Waals surface area contributed by atoms with Gasteiger partial charge in [-0.2, -0.15) is 8.42 Å². The fraction of sp³-hybridized carbons (Fsp3) is 0.846. The fourth-order valence-electron chi connectivity index (χ4n) is 6.59. The second-order valence-corrected chi connectivity index (χ2v) is 16.9. The molecular formula is C39H73O5STi. The maximum atomic E-state index is 12.8. The summed E-state index contributed by atoms with van der Waals surface area (Å²) >= 11 is -1.75. The van der Waals surface area contributed by atoms with Crippen LogP contribution in [-0.4, -0.2) is 16.7 Å². The van der Waals surface area contributed by atoms with E-state index in [2.05, 4.69) is 55.4 Å². The van der Waals surface area contributed by atoms with Crippen LogP contribution in [0.1, 0.15) is 199 Å². The molecule has 2 N–H and O–H groups in total. The molecule has 0 saturated carbocycles. The van der Waals surface area contributed by atoms with Crippen LogP contribution in [0.3, 0.4) is 0 Å². The van der Waals surface area contributed by atoms with E-state index in [4.69, 9.17) is 7.01 Å². The van der Waals surface area contributed by atoms with Crippen molar-refractivity contribution < 1.29 is 39.5 Å². The van der Waals surface area contributed by atoms with Crippen molar-refractivity contribution in [1.29, 1.82) is 0 Å². The predicted octanol–water partition coefficient (Wildman–Crippen LogP) is 12.0. The molecule has 1 aromatic rings. The first-order valence-corrected chi connectivity index (χ1v) is 21.7. The van der Waals surface area contributed by atoms with Gasteiger partial charge >= 0.3 is 26.5 Å². The Bertz CT molecular complexity index is 1020. The van der Waals surface area contributed by atoms with Gasteiger partial charge in [-0.15, -0.1) is 0 Å². The summed E-state index contributed by atoms with van der Waals surface area (Å²) in [6.07, 6.45) is 24.9. The van der Waals surface area contributed by atoms with Gasteiger partial charge < -0.3 is 0 Å². The first kappa shape index (κ1) is 45.6. The van der Waals surface area contributed by atoms with E-state index in [9.17, 15) is 13.0 Å². The molecule has 0 heterocycles. The molecule has 0 aliphatic rings. The zero-order valence-electron chi connectivity index (χ0n) is 31.3. The van der Waals surface area contributed by atoms with Crippen molar-refractivity contribution in [1.82, 2.24) is 0 Å². The van der Waals surface area contributed by atoms with E-state index in [0.717, 1.165) is 73.8 Å². The van der Waals surface area contributed by atoms with Crippen LogP contribution in [0.25, 0.3) is 0 Å². The van der Waals surface area contributed by atoms with E-state index < -0.39 is 29.6 Å². The SMILES string of the molecule is CC(C)CCCCCCCc1c(C(C)C)cc(S(=O)(=O)O)c(CCCCCCCC(C)C)c1CCCCCCCC(C)C.[O]=[Ti][OH]. The monoisotopic (exact) mass is 701 g/mol. The third kappa shape index (κ3) is 22.3. The van der Waals surface area contributed by atoms with Crippen LogP contribution < -0.4 is 0 Å². The molecule has 46 heavy (non-hydrogen) atoms. The van der Waals surface area contributed by atoms with Crippen molar-refractivity contribution in [3.05, 3.63) is 28.3 Å². The van der Waals surface area contributed by atoms with Gasteiger partial charge in [-0.3, -0.25) is 4.55 Å². The molecule has 1 aromatic carbocycles. The van der Waals surface area contributed by atoms with Crippen LogP contribution in [0.4, 0.5) is 0 Å². The molecular weight excluding hydrogens is 628 g/mol. The van der Waals surface area contributed by atoms with E-state index in [0.29, 0.717) is 0 Å². The molecule has 5 nitrogen and oxygen atoms in total. The standard InChI is InChI=1S/C39H72O3S.H2O.O.Ti/c1-31(2)24-18-12-9-15-21-27-35-36(28-22-16-10-13-19-25-32(3)4)38(34(7)8)30-39(43(40,41)42)37(35)29-23-17-11-14-20-26-33(5)6;;;/h30-34H,9-29H2,1-8H3,(H,40,41,42);1H2;;/q;;;+1/p-1. The zero-order chi connectivity index (χ0) is 35.0. The summed E-state index contributed by atoms with van der Waals surface area (Å²) in [5.74, 6) is 2.54. The molecule has 0 amide bonds. The minimum atomic E-state index is -4.28. The number of benzene rings is 1.